The van der Waals surface area contributed by atoms with E-state index in [0.717, 1.165) is 6.20 Å². The second kappa shape index (κ2) is 3.82. The van der Waals surface area contributed by atoms with Crippen LogP contribution < -0.4 is 5.46 Å². The normalized spacial score (nSPS) is 10.4. The number of hydrogen-bond donors (Lipinski definition) is 1. The molecule has 0 amide bonds. The Morgan fingerprint density at radius 2 is 2.25 bits per heavy atom. The molecule has 12 heavy (non-hydrogen) atoms. The van der Waals surface area contributed by atoms with Crippen LogP contribution in [0.1, 0.15) is 12.1 Å². The van der Waals surface area contributed by atoms with Crippen molar-refractivity contribution in [2.24, 2.45) is 0 Å². The third-order valence-electron chi connectivity index (χ3n) is 1.29. The summed E-state index contributed by atoms with van der Waals surface area (Å²) in [5, 5.41) is 8.33. The zero-order chi connectivity index (χ0) is 9.14. The van der Waals surface area contributed by atoms with Gasteiger partial charge in [0.2, 0.25) is 0 Å². The molecule has 1 N–H and O–H groups in total. The van der Waals surface area contributed by atoms with Crippen molar-refractivity contribution >= 4 is 24.5 Å². The van der Waals surface area contributed by atoms with Crippen molar-refractivity contribution in [3.05, 3.63) is 23.0 Å². The van der Waals surface area contributed by atoms with Crippen LogP contribution in [0.15, 0.2) is 12.3 Å². The Labute approximate surface area is 73.5 Å². The van der Waals surface area contributed by atoms with E-state index in [2.05, 4.69) is 4.98 Å². The smallest absolute Gasteiger partial charge is 0.328 e. The van der Waals surface area contributed by atoms with Crippen LogP contribution in [-0.2, 0) is 0 Å². The predicted octanol–water partition coefficient (Wildman–Crippen LogP) is 0.909. The van der Waals surface area contributed by atoms with Gasteiger partial charge in [0.15, 0.2) is 0 Å². The molecule has 63 valence electrons. The second-order valence-electron chi connectivity index (χ2n) is 2.03. The summed E-state index contributed by atoms with van der Waals surface area (Å²) in [6, 6.07) is 1.34. The van der Waals surface area contributed by atoms with Crippen LogP contribution in [0.4, 0.5) is 8.78 Å². The van der Waals surface area contributed by atoms with E-state index in [1.165, 1.54) is 6.07 Å². The highest BCUT2D eigenvalue weighted by molar-refractivity contribution is 6.52. The summed E-state index contributed by atoms with van der Waals surface area (Å²) in [6.45, 7) is 0. The third kappa shape index (κ3) is 1.73. The highest BCUT2D eigenvalue weighted by atomic mass is 35.5. The first-order chi connectivity index (χ1) is 5.66. The quantitative estimate of drug-likeness (QED) is 0.703. The summed E-state index contributed by atoms with van der Waals surface area (Å²) in [4.78, 5) is 3.37. The highest BCUT2D eigenvalue weighted by Gasteiger charge is 2.15. The van der Waals surface area contributed by atoms with Gasteiger partial charge in [-0.25, -0.2) is 8.78 Å². The van der Waals surface area contributed by atoms with Crippen molar-refractivity contribution in [3.63, 3.8) is 0 Å². The van der Waals surface area contributed by atoms with E-state index in [0.29, 0.717) is 7.48 Å². The number of pyridine rings is 1. The van der Waals surface area contributed by atoms with Gasteiger partial charge in [0.05, 0.1) is 5.02 Å². The number of alkyl halides is 2. The van der Waals surface area contributed by atoms with Crippen molar-refractivity contribution < 1.29 is 13.8 Å². The molecule has 1 radical (unpaired) electrons. The Morgan fingerprint density at radius 1 is 1.58 bits per heavy atom. The van der Waals surface area contributed by atoms with Gasteiger partial charge in [-0.15, -0.1) is 0 Å². The molecule has 0 unspecified atom stereocenters. The fraction of sp³-hybridized carbons (Fsp3) is 0.167. The van der Waals surface area contributed by atoms with Crippen LogP contribution in [-0.4, -0.2) is 17.5 Å². The molecule has 0 aliphatic heterocycles. The summed E-state index contributed by atoms with van der Waals surface area (Å²) in [6.07, 6.45) is -1.56. The summed E-state index contributed by atoms with van der Waals surface area (Å²) < 4.78 is 24.2. The third-order valence-corrected chi connectivity index (χ3v) is 1.70. The van der Waals surface area contributed by atoms with Gasteiger partial charge in [-0.1, -0.05) is 11.6 Å². The van der Waals surface area contributed by atoms with Gasteiger partial charge in [0.1, 0.15) is 5.69 Å². The van der Waals surface area contributed by atoms with Crippen molar-refractivity contribution in [2.45, 2.75) is 6.43 Å². The van der Waals surface area contributed by atoms with Gasteiger partial charge in [-0.05, 0) is 11.5 Å². The summed E-state index contributed by atoms with van der Waals surface area (Å²) in [5.41, 5.74) is -0.374. The molecule has 0 bridgehead atoms. The van der Waals surface area contributed by atoms with E-state index in [4.69, 9.17) is 16.6 Å². The largest absolute Gasteiger partial charge is 0.450 e. The Kier molecular flexibility index (Phi) is 3.00. The Bertz CT molecular complexity index is 284. The Hall–Kier alpha value is -0.675. The maximum absolute atomic E-state index is 12.1. The molecule has 0 saturated carbocycles. The number of aromatic nitrogens is 1. The minimum absolute atomic E-state index is 0.141. The van der Waals surface area contributed by atoms with Crippen molar-refractivity contribution in [3.8, 4) is 0 Å². The van der Waals surface area contributed by atoms with Crippen LogP contribution in [0.5, 0.6) is 0 Å². The number of nitrogens with zero attached hydrogens (tertiary/aromatic N) is 1. The molecule has 1 rings (SSSR count). The van der Waals surface area contributed by atoms with Crippen LogP contribution in [0.25, 0.3) is 0 Å². The van der Waals surface area contributed by atoms with Crippen LogP contribution in [0.2, 0.25) is 5.02 Å². The maximum atomic E-state index is 12.1. The Balaban J connectivity index is 3.14. The van der Waals surface area contributed by atoms with Gasteiger partial charge in [-0.2, -0.15) is 0 Å². The van der Waals surface area contributed by atoms with Gasteiger partial charge < -0.3 is 5.02 Å². The zero-order valence-corrected chi connectivity index (χ0v) is 6.59. The maximum Gasteiger partial charge on any atom is 0.328 e. The topological polar surface area (TPSA) is 33.1 Å². The van der Waals surface area contributed by atoms with Gasteiger partial charge in [-0.3, -0.25) is 4.98 Å². The lowest BCUT2D eigenvalue weighted by Gasteiger charge is -2.03. The van der Waals surface area contributed by atoms with E-state index in [9.17, 15) is 8.78 Å². The summed E-state index contributed by atoms with van der Waals surface area (Å²) in [5.74, 6) is 0. The van der Waals surface area contributed by atoms with E-state index in [1.807, 2.05) is 0 Å². The van der Waals surface area contributed by atoms with Gasteiger partial charge in [0, 0.05) is 6.20 Å². The van der Waals surface area contributed by atoms with Crippen LogP contribution in [0.3, 0.4) is 0 Å². The zero-order valence-electron chi connectivity index (χ0n) is 5.84. The molecule has 2 nitrogen and oxygen atoms in total. The van der Waals surface area contributed by atoms with E-state index < -0.39 is 12.1 Å². The van der Waals surface area contributed by atoms with Crippen molar-refractivity contribution in [1.82, 2.24) is 4.98 Å². The van der Waals surface area contributed by atoms with E-state index in [1.54, 1.807) is 0 Å². The standard InChI is InChI=1S/C6H4BClF2NO/c8-4-3(7-12)1-2-11-5(4)6(9)10/h1-2,6,12H. The molecular formula is C6H4BClF2NO. The molecule has 1 aromatic rings. The lowest BCUT2D eigenvalue weighted by molar-refractivity contribution is 0.146. The molecule has 0 atom stereocenters. The highest BCUT2D eigenvalue weighted by Crippen LogP contribution is 2.22. The van der Waals surface area contributed by atoms with Crippen molar-refractivity contribution in [1.29, 1.82) is 0 Å². The molecule has 1 aromatic heterocycles. The van der Waals surface area contributed by atoms with Crippen LogP contribution in [0, 0.1) is 0 Å². The molecule has 0 fully saturated rings. The molecule has 0 aliphatic rings. The average Bonchev–Trinajstić information content (AvgIpc) is 2.04. The Morgan fingerprint density at radius 3 is 2.75 bits per heavy atom. The number of hydrogen-bond acceptors (Lipinski definition) is 2. The predicted molar refractivity (Wildman–Crippen MR) is 41.8 cm³/mol. The minimum atomic E-state index is -2.72. The molecule has 0 spiro atoms. The van der Waals surface area contributed by atoms with Crippen molar-refractivity contribution in [2.75, 3.05) is 0 Å². The molecule has 0 aromatic carbocycles. The first kappa shape index (κ1) is 9.41. The summed E-state index contributed by atoms with van der Waals surface area (Å²) in [7, 11) is 0.663. The van der Waals surface area contributed by atoms with Gasteiger partial charge >= 0.3 is 7.48 Å². The summed E-state index contributed by atoms with van der Waals surface area (Å²) >= 11 is 5.47. The lowest BCUT2D eigenvalue weighted by Crippen LogP contribution is -2.17. The first-order valence-corrected chi connectivity index (χ1v) is 3.44. The number of rotatable bonds is 2. The fourth-order valence-corrected chi connectivity index (χ4v) is 0.970. The monoisotopic (exact) mass is 190 g/mol. The molecular weight excluding hydrogens is 186 g/mol. The van der Waals surface area contributed by atoms with Gasteiger partial charge in [0.25, 0.3) is 6.43 Å². The van der Waals surface area contributed by atoms with Crippen LogP contribution >= 0.6 is 11.6 Å². The second-order valence-corrected chi connectivity index (χ2v) is 2.41. The van der Waals surface area contributed by atoms with E-state index in [-0.39, 0.29) is 10.5 Å². The molecule has 1 heterocycles. The first-order valence-electron chi connectivity index (χ1n) is 3.06. The minimum Gasteiger partial charge on any atom is -0.450 e. The average molecular weight is 190 g/mol. The SMILES string of the molecule is O[B]c1ccnc(C(F)F)c1Cl. The molecule has 0 aliphatic carbocycles. The fourth-order valence-electron chi connectivity index (χ4n) is 0.727. The molecule has 0 saturated heterocycles. The lowest BCUT2D eigenvalue weighted by atomic mass is 9.89. The molecule has 6 heteroatoms. The van der Waals surface area contributed by atoms with E-state index >= 15 is 0 Å². The number of halogens is 3.